The molecule has 0 bridgehead atoms. The second kappa shape index (κ2) is 6.16. The summed E-state index contributed by atoms with van der Waals surface area (Å²) in [5.74, 6) is -0.309. The molecule has 0 unspecified atom stereocenters. The van der Waals surface area contributed by atoms with Gasteiger partial charge in [-0.2, -0.15) is 0 Å². The van der Waals surface area contributed by atoms with E-state index in [-0.39, 0.29) is 12.6 Å². The molecule has 0 fully saturated rings. The molecule has 0 amide bonds. The summed E-state index contributed by atoms with van der Waals surface area (Å²) >= 11 is 0. The van der Waals surface area contributed by atoms with E-state index in [0.717, 1.165) is 16.7 Å². The van der Waals surface area contributed by atoms with Crippen LogP contribution in [0.25, 0.3) is 11.1 Å². The van der Waals surface area contributed by atoms with Gasteiger partial charge in [-0.15, -0.1) is 0 Å². The molecule has 0 radical (unpaired) electrons. The number of carbonyl (C=O) groups is 1. The fourth-order valence-electron chi connectivity index (χ4n) is 1.84. The van der Waals surface area contributed by atoms with Gasteiger partial charge in [0.1, 0.15) is 0 Å². The maximum atomic E-state index is 11.7. The standard InChI is InChI=1S/C16H16O3/c1-2-19-16(18)15-5-3-4-14(10-15)13-8-6-12(11-17)7-9-13/h3-10,17H,2,11H2,1H3. The smallest absolute Gasteiger partial charge is 0.338 e. The highest BCUT2D eigenvalue weighted by molar-refractivity contribution is 5.91. The van der Waals surface area contributed by atoms with Crippen molar-refractivity contribution < 1.29 is 14.6 Å². The molecule has 0 aromatic heterocycles. The van der Waals surface area contributed by atoms with Crippen LogP contribution in [0.2, 0.25) is 0 Å². The summed E-state index contributed by atoms with van der Waals surface area (Å²) in [6, 6.07) is 14.9. The highest BCUT2D eigenvalue weighted by atomic mass is 16.5. The molecule has 3 heteroatoms. The van der Waals surface area contributed by atoms with E-state index in [1.807, 2.05) is 42.5 Å². The largest absolute Gasteiger partial charge is 0.462 e. The van der Waals surface area contributed by atoms with Crippen LogP contribution in [0, 0.1) is 0 Å². The SMILES string of the molecule is CCOC(=O)c1cccc(-c2ccc(CO)cc2)c1. The van der Waals surface area contributed by atoms with Crippen molar-refractivity contribution in [1.29, 1.82) is 0 Å². The van der Waals surface area contributed by atoms with Gasteiger partial charge in [-0.3, -0.25) is 0 Å². The zero-order valence-electron chi connectivity index (χ0n) is 10.8. The van der Waals surface area contributed by atoms with Gasteiger partial charge in [0.15, 0.2) is 0 Å². The second-order valence-corrected chi connectivity index (χ2v) is 4.16. The molecule has 0 spiro atoms. The average molecular weight is 256 g/mol. The molecule has 2 aromatic rings. The first-order valence-electron chi connectivity index (χ1n) is 6.22. The van der Waals surface area contributed by atoms with Crippen LogP contribution in [0.15, 0.2) is 48.5 Å². The van der Waals surface area contributed by atoms with E-state index < -0.39 is 0 Å². The molecule has 2 aromatic carbocycles. The second-order valence-electron chi connectivity index (χ2n) is 4.16. The summed E-state index contributed by atoms with van der Waals surface area (Å²) in [5, 5.41) is 9.01. The van der Waals surface area contributed by atoms with Gasteiger partial charge in [0.25, 0.3) is 0 Å². The third-order valence-electron chi connectivity index (χ3n) is 2.84. The Hall–Kier alpha value is -2.13. The maximum Gasteiger partial charge on any atom is 0.338 e. The number of ether oxygens (including phenoxy) is 1. The maximum absolute atomic E-state index is 11.7. The summed E-state index contributed by atoms with van der Waals surface area (Å²) in [4.78, 5) is 11.7. The molecular formula is C16H16O3. The van der Waals surface area contributed by atoms with Crippen molar-refractivity contribution in [3.63, 3.8) is 0 Å². The lowest BCUT2D eigenvalue weighted by Crippen LogP contribution is -2.04. The molecule has 0 saturated carbocycles. The van der Waals surface area contributed by atoms with Crippen LogP contribution in [0.5, 0.6) is 0 Å². The van der Waals surface area contributed by atoms with E-state index in [9.17, 15) is 4.79 Å². The quantitative estimate of drug-likeness (QED) is 0.855. The van der Waals surface area contributed by atoms with E-state index in [0.29, 0.717) is 12.2 Å². The first kappa shape index (κ1) is 13.3. The monoisotopic (exact) mass is 256 g/mol. The van der Waals surface area contributed by atoms with E-state index in [2.05, 4.69) is 0 Å². The topological polar surface area (TPSA) is 46.5 Å². The minimum atomic E-state index is -0.309. The Bertz CT molecular complexity index is 558. The van der Waals surface area contributed by atoms with Gasteiger partial charge in [0, 0.05) is 0 Å². The lowest BCUT2D eigenvalue weighted by molar-refractivity contribution is 0.0526. The van der Waals surface area contributed by atoms with Gasteiger partial charge in [0.2, 0.25) is 0 Å². The van der Waals surface area contributed by atoms with Crippen LogP contribution in [0.4, 0.5) is 0 Å². The molecule has 0 atom stereocenters. The fraction of sp³-hybridized carbons (Fsp3) is 0.188. The number of rotatable bonds is 4. The van der Waals surface area contributed by atoms with E-state index in [1.165, 1.54) is 0 Å². The van der Waals surface area contributed by atoms with Crippen molar-refractivity contribution >= 4 is 5.97 Å². The lowest BCUT2D eigenvalue weighted by atomic mass is 10.0. The zero-order valence-corrected chi connectivity index (χ0v) is 10.8. The van der Waals surface area contributed by atoms with Crippen molar-refractivity contribution in [3.05, 3.63) is 59.7 Å². The Labute approximate surface area is 112 Å². The molecule has 2 rings (SSSR count). The van der Waals surface area contributed by atoms with Crippen LogP contribution in [-0.2, 0) is 11.3 Å². The van der Waals surface area contributed by atoms with Crippen molar-refractivity contribution in [3.8, 4) is 11.1 Å². The molecule has 1 N–H and O–H groups in total. The molecule has 0 aliphatic carbocycles. The van der Waals surface area contributed by atoms with Crippen LogP contribution in [0.1, 0.15) is 22.8 Å². The lowest BCUT2D eigenvalue weighted by Gasteiger charge is -2.06. The zero-order chi connectivity index (χ0) is 13.7. The number of hydrogen-bond donors (Lipinski definition) is 1. The van der Waals surface area contributed by atoms with Gasteiger partial charge < -0.3 is 9.84 Å². The predicted octanol–water partition coefficient (Wildman–Crippen LogP) is 3.02. The van der Waals surface area contributed by atoms with Crippen molar-refractivity contribution in [2.24, 2.45) is 0 Å². The number of aliphatic hydroxyl groups excluding tert-OH is 1. The Morgan fingerprint density at radius 1 is 1.11 bits per heavy atom. The molecule has 19 heavy (non-hydrogen) atoms. The Balaban J connectivity index is 2.29. The highest BCUT2D eigenvalue weighted by Crippen LogP contribution is 2.21. The molecular weight excluding hydrogens is 240 g/mol. The molecule has 0 aliphatic rings. The number of esters is 1. The number of hydrogen-bond acceptors (Lipinski definition) is 3. The average Bonchev–Trinajstić information content (AvgIpc) is 2.48. The van der Waals surface area contributed by atoms with Crippen LogP contribution in [-0.4, -0.2) is 17.7 Å². The van der Waals surface area contributed by atoms with Gasteiger partial charge >= 0.3 is 5.97 Å². The minimum Gasteiger partial charge on any atom is -0.462 e. The van der Waals surface area contributed by atoms with Crippen LogP contribution < -0.4 is 0 Å². The first-order chi connectivity index (χ1) is 9.24. The van der Waals surface area contributed by atoms with Gasteiger partial charge in [-0.05, 0) is 35.7 Å². The van der Waals surface area contributed by atoms with Crippen LogP contribution in [0.3, 0.4) is 0 Å². The summed E-state index contributed by atoms with van der Waals surface area (Å²) in [5.41, 5.74) is 3.37. The first-order valence-corrected chi connectivity index (χ1v) is 6.22. The molecule has 0 aliphatic heterocycles. The fourth-order valence-corrected chi connectivity index (χ4v) is 1.84. The Morgan fingerprint density at radius 3 is 2.47 bits per heavy atom. The van der Waals surface area contributed by atoms with Crippen molar-refractivity contribution in [2.75, 3.05) is 6.61 Å². The Kier molecular flexibility index (Phi) is 4.31. The summed E-state index contributed by atoms with van der Waals surface area (Å²) in [7, 11) is 0. The third-order valence-corrected chi connectivity index (χ3v) is 2.84. The number of benzene rings is 2. The van der Waals surface area contributed by atoms with Gasteiger partial charge in [0.05, 0.1) is 18.8 Å². The molecule has 98 valence electrons. The van der Waals surface area contributed by atoms with E-state index in [4.69, 9.17) is 9.84 Å². The van der Waals surface area contributed by atoms with Crippen LogP contribution >= 0.6 is 0 Å². The normalized spacial score (nSPS) is 10.2. The minimum absolute atomic E-state index is 0.0309. The van der Waals surface area contributed by atoms with Gasteiger partial charge in [-0.25, -0.2) is 4.79 Å². The third kappa shape index (κ3) is 3.20. The summed E-state index contributed by atoms with van der Waals surface area (Å²) in [6.07, 6.45) is 0. The molecule has 3 nitrogen and oxygen atoms in total. The predicted molar refractivity (Wildman–Crippen MR) is 73.8 cm³/mol. The number of aliphatic hydroxyl groups is 1. The summed E-state index contributed by atoms with van der Waals surface area (Å²) in [6.45, 7) is 2.19. The van der Waals surface area contributed by atoms with Crippen molar-refractivity contribution in [2.45, 2.75) is 13.5 Å². The molecule has 0 saturated heterocycles. The number of carbonyl (C=O) groups excluding carboxylic acids is 1. The molecule has 0 heterocycles. The highest BCUT2D eigenvalue weighted by Gasteiger charge is 2.07. The van der Waals surface area contributed by atoms with Crippen molar-refractivity contribution in [1.82, 2.24) is 0 Å². The Morgan fingerprint density at radius 2 is 1.84 bits per heavy atom. The van der Waals surface area contributed by atoms with E-state index in [1.54, 1.807) is 13.0 Å². The van der Waals surface area contributed by atoms with E-state index >= 15 is 0 Å². The van der Waals surface area contributed by atoms with Gasteiger partial charge in [-0.1, -0.05) is 36.4 Å². The summed E-state index contributed by atoms with van der Waals surface area (Å²) < 4.78 is 4.98.